The minimum atomic E-state index is -0.233. The van der Waals surface area contributed by atoms with Crippen LogP contribution in [0.1, 0.15) is 34.5 Å². The van der Waals surface area contributed by atoms with E-state index in [9.17, 15) is 9.59 Å². The van der Waals surface area contributed by atoms with Crippen molar-refractivity contribution in [1.29, 1.82) is 0 Å². The van der Waals surface area contributed by atoms with E-state index in [1.807, 2.05) is 47.4 Å². The van der Waals surface area contributed by atoms with Gasteiger partial charge in [0.2, 0.25) is 5.91 Å². The van der Waals surface area contributed by atoms with E-state index in [1.165, 1.54) is 0 Å². The summed E-state index contributed by atoms with van der Waals surface area (Å²) in [5.74, 6) is 0.501. The number of halogens is 1. The van der Waals surface area contributed by atoms with E-state index in [0.717, 1.165) is 24.2 Å². The molecule has 160 valence electrons. The highest BCUT2D eigenvalue weighted by atomic mass is 35.5. The van der Waals surface area contributed by atoms with E-state index in [4.69, 9.17) is 16.0 Å². The standard InChI is InChI=1S/C25H25ClN2O3/c26-22-12-10-20(11-13-22)24(29)27-14-4-8-21(17-27)25(30)28(18-23-9-5-15-31-23)16-19-6-2-1-3-7-19/h1-3,5-7,9-13,15,21H,4,8,14,16-18H2. The number of likely N-dealkylation sites (tertiary alicyclic amines) is 1. The van der Waals surface area contributed by atoms with Crippen LogP contribution in [0.15, 0.2) is 77.4 Å². The average Bonchev–Trinajstić information content (AvgIpc) is 3.32. The number of piperidine rings is 1. The van der Waals surface area contributed by atoms with Crippen LogP contribution in [-0.4, -0.2) is 34.7 Å². The second-order valence-corrected chi connectivity index (χ2v) is 8.29. The molecule has 0 radical (unpaired) electrons. The maximum Gasteiger partial charge on any atom is 0.253 e. The van der Waals surface area contributed by atoms with Crippen LogP contribution >= 0.6 is 11.6 Å². The van der Waals surface area contributed by atoms with Crippen LogP contribution in [0.2, 0.25) is 5.02 Å². The van der Waals surface area contributed by atoms with Gasteiger partial charge >= 0.3 is 0 Å². The van der Waals surface area contributed by atoms with Crippen LogP contribution in [-0.2, 0) is 17.9 Å². The summed E-state index contributed by atoms with van der Waals surface area (Å²) in [5, 5.41) is 0.595. The molecule has 1 unspecified atom stereocenters. The fraction of sp³-hybridized carbons (Fsp3) is 0.280. The lowest BCUT2D eigenvalue weighted by Crippen LogP contribution is -2.46. The molecule has 0 spiro atoms. The van der Waals surface area contributed by atoms with Crippen LogP contribution in [0.5, 0.6) is 0 Å². The molecule has 1 aliphatic heterocycles. The topological polar surface area (TPSA) is 53.8 Å². The van der Waals surface area contributed by atoms with Crippen molar-refractivity contribution in [3.63, 3.8) is 0 Å². The summed E-state index contributed by atoms with van der Waals surface area (Å²) in [6.45, 7) is 1.98. The molecular weight excluding hydrogens is 412 g/mol. The molecule has 2 heterocycles. The molecule has 6 heteroatoms. The van der Waals surface area contributed by atoms with Crippen LogP contribution in [0.3, 0.4) is 0 Å². The molecule has 1 aliphatic rings. The maximum absolute atomic E-state index is 13.5. The lowest BCUT2D eigenvalue weighted by atomic mass is 9.95. The smallest absolute Gasteiger partial charge is 0.253 e. The number of hydrogen-bond donors (Lipinski definition) is 0. The normalized spacial score (nSPS) is 16.2. The second kappa shape index (κ2) is 9.84. The van der Waals surface area contributed by atoms with Crippen molar-refractivity contribution < 1.29 is 14.0 Å². The molecule has 0 saturated carbocycles. The third kappa shape index (κ3) is 5.36. The molecule has 2 amide bonds. The molecule has 31 heavy (non-hydrogen) atoms. The van der Waals surface area contributed by atoms with Crippen molar-refractivity contribution >= 4 is 23.4 Å². The van der Waals surface area contributed by atoms with Crippen molar-refractivity contribution in [2.24, 2.45) is 5.92 Å². The Labute approximate surface area is 187 Å². The zero-order valence-electron chi connectivity index (χ0n) is 17.2. The predicted molar refractivity (Wildman–Crippen MR) is 119 cm³/mol. The Kier molecular flexibility index (Phi) is 6.73. The molecular formula is C25H25ClN2O3. The van der Waals surface area contributed by atoms with Gasteiger partial charge in [-0.05, 0) is 54.8 Å². The van der Waals surface area contributed by atoms with Gasteiger partial charge in [0.25, 0.3) is 5.91 Å². The summed E-state index contributed by atoms with van der Waals surface area (Å²) in [6.07, 6.45) is 3.19. The number of benzene rings is 2. The highest BCUT2D eigenvalue weighted by Gasteiger charge is 2.32. The van der Waals surface area contributed by atoms with E-state index in [1.54, 1.807) is 35.4 Å². The van der Waals surface area contributed by atoms with Gasteiger partial charge in [-0.3, -0.25) is 9.59 Å². The largest absolute Gasteiger partial charge is 0.467 e. The first kappa shape index (κ1) is 21.2. The molecule has 1 aromatic heterocycles. The van der Waals surface area contributed by atoms with Crippen LogP contribution in [0, 0.1) is 5.92 Å². The van der Waals surface area contributed by atoms with Crippen molar-refractivity contribution in [2.75, 3.05) is 13.1 Å². The van der Waals surface area contributed by atoms with Gasteiger partial charge in [-0.15, -0.1) is 0 Å². The lowest BCUT2D eigenvalue weighted by molar-refractivity contribution is -0.138. The van der Waals surface area contributed by atoms with Gasteiger partial charge in [0.05, 0.1) is 18.7 Å². The Hall–Kier alpha value is -3.05. The molecule has 1 fully saturated rings. The quantitative estimate of drug-likeness (QED) is 0.545. The molecule has 5 nitrogen and oxygen atoms in total. The number of rotatable bonds is 6. The summed E-state index contributed by atoms with van der Waals surface area (Å²) in [7, 11) is 0. The molecule has 0 N–H and O–H groups in total. The maximum atomic E-state index is 13.5. The predicted octanol–water partition coefficient (Wildman–Crippen LogP) is 5.01. The third-order valence-corrected chi connectivity index (χ3v) is 5.86. The number of nitrogens with zero attached hydrogens (tertiary/aromatic N) is 2. The van der Waals surface area contributed by atoms with Crippen molar-refractivity contribution in [3.8, 4) is 0 Å². The Morgan fingerprint density at radius 3 is 2.48 bits per heavy atom. The summed E-state index contributed by atoms with van der Waals surface area (Å²) < 4.78 is 5.50. The number of carbonyl (C=O) groups excluding carboxylic acids is 2. The summed E-state index contributed by atoms with van der Waals surface area (Å²) >= 11 is 5.94. The van der Waals surface area contributed by atoms with Crippen molar-refractivity contribution in [1.82, 2.24) is 9.80 Å². The van der Waals surface area contributed by atoms with Crippen LogP contribution in [0.25, 0.3) is 0 Å². The van der Waals surface area contributed by atoms with Gasteiger partial charge in [-0.2, -0.15) is 0 Å². The lowest BCUT2D eigenvalue weighted by Gasteiger charge is -2.35. The third-order valence-electron chi connectivity index (χ3n) is 5.60. The molecule has 4 rings (SSSR count). The van der Waals surface area contributed by atoms with Gasteiger partial charge in [0.15, 0.2) is 0 Å². The van der Waals surface area contributed by atoms with Gasteiger partial charge in [0.1, 0.15) is 5.76 Å². The first-order valence-corrected chi connectivity index (χ1v) is 10.9. The zero-order valence-corrected chi connectivity index (χ0v) is 18.0. The average molecular weight is 437 g/mol. The molecule has 0 bridgehead atoms. The molecule has 3 aromatic rings. The Morgan fingerprint density at radius 2 is 1.77 bits per heavy atom. The Bertz CT molecular complexity index is 1000. The molecule has 1 saturated heterocycles. The fourth-order valence-corrected chi connectivity index (χ4v) is 4.13. The summed E-state index contributed by atoms with van der Waals surface area (Å²) in [4.78, 5) is 30.1. The second-order valence-electron chi connectivity index (χ2n) is 7.86. The first-order chi connectivity index (χ1) is 15.1. The van der Waals surface area contributed by atoms with E-state index in [-0.39, 0.29) is 17.7 Å². The van der Waals surface area contributed by atoms with E-state index < -0.39 is 0 Å². The number of carbonyl (C=O) groups is 2. The van der Waals surface area contributed by atoms with Gasteiger partial charge in [-0.1, -0.05) is 41.9 Å². The van der Waals surface area contributed by atoms with E-state index in [0.29, 0.717) is 36.8 Å². The van der Waals surface area contributed by atoms with Crippen molar-refractivity contribution in [2.45, 2.75) is 25.9 Å². The minimum Gasteiger partial charge on any atom is -0.467 e. The number of hydrogen-bond acceptors (Lipinski definition) is 3. The zero-order chi connectivity index (χ0) is 21.6. The first-order valence-electron chi connectivity index (χ1n) is 10.5. The monoisotopic (exact) mass is 436 g/mol. The van der Waals surface area contributed by atoms with E-state index >= 15 is 0 Å². The number of furan rings is 1. The molecule has 0 aliphatic carbocycles. The van der Waals surface area contributed by atoms with Gasteiger partial charge in [-0.25, -0.2) is 0 Å². The highest BCUT2D eigenvalue weighted by Crippen LogP contribution is 2.23. The summed E-state index contributed by atoms with van der Waals surface area (Å²) in [6, 6.07) is 20.5. The van der Waals surface area contributed by atoms with Crippen LogP contribution in [0.4, 0.5) is 0 Å². The van der Waals surface area contributed by atoms with Gasteiger partial charge in [0, 0.05) is 30.2 Å². The Balaban J connectivity index is 1.48. The number of amides is 2. The van der Waals surface area contributed by atoms with E-state index in [2.05, 4.69) is 0 Å². The SMILES string of the molecule is O=C(c1ccc(Cl)cc1)N1CCCC(C(=O)N(Cc2ccccc2)Cc2ccco2)C1. The molecule has 1 atom stereocenters. The minimum absolute atomic E-state index is 0.0499. The van der Waals surface area contributed by atoms with Gasteiger partial charge < -0.3 is 14.2 Å². The van der Waals surface area contributed by atoms with Crippen LogP contribution < -0.4 is 0 Å². The summed E-state index contributed by atoms with van der Waals surface area (Å²) in [5.41, 5.74) is 1.65. The van der Waals surface area contributed by atoms with Crippen molar-refractivity contribution in [3.05, 3.63) is 94.9 Å². The highest BCUT2D eigenvalue weighted by molar-refractivity contribution is 6.30. The Morgan fingerprint density at radius 1 is 1.00 bits per heavy atom. The molecule has 2 aromatic carbocycles. The fourth-order valence-electron chi connectivity index (χ4n) is 4.00.